The first kappa shape index (κ1) is 9.44. The van der Waals surface area contributed by atoms with E-state index in [-0.39, 0.29) is 0 Å². The van der Waals surface area contributed by atoms with Crippen LogP contribution in [-0.4, -0.2) is 16.0 Å². The van der Waals surface area contributed by atoms with E-state index in [2.05, 4.69) is 0 Å². The fraction of sp³-hybridized carbons (Fsp3) is 0.333. The summed E-state index contributed by atoms with van der Waals surface area (Å²) in [5.74, 6) is -1.49. The molecule has 1 aliphatic carbocycles. The Labute approximate surface area is 83.5 Å². The maximum Gasteiger partial charge on any atom is 0.166 e. The normalized spacial score (nSPS) is 20.3. The summed E-state index contributed by atoms with van der Waals surface area (Å²) in [6.07, 6.45) is 3.40. The molecule has 0 radical (unpaired) electrons. The molecule has 0 amide bonds. The van der Waals surface area contributed by atoms with Gasteiger partial charge in [0.15, 0.2) is 5.79 Å². The second-order valence-electron chi connectivity index (χ2n) is 3.78. The monoisotopic (exact) mass is 190 g/mol. The molecule has 1 aromatic carbocycles. The lowest BCUT2D eigenvalue weighted by atomic mass is 9.90. The summed E-state index contributed by atoms with van der Waals surface area (Å²) in [7, 11) is 0. The summed E-state index contributed by atoms with van der Waals surface area (Å²) >= 11 is 0. The zero-order valence-electron chi connectivity index (χ0n) is 7.98. The number of aliphatic hydroxyl groups is 2. The van der Waals surface area contributed by atoms with Crippen molar-refractivity contribution < 1.29 is 10.2 Å². The summed E-state index contributed by atoms with van der Waals surface area (Å²) in [5, 5.41) is 18.7. The highest BCUT2D eigenvalue weighted by molar-refractivity contribution is 5.66. The Hall–Kier alpha value is -1.12. The van der Waals surface area contributed by atoms with Crippen LogP contribution in [0.25, 0.3) is 5.57 Å². The second kappa shape index (κ2) is 3.56. The van der Waals surface area contributed by atoms with Crippen LogP contribution in [0.1, 0.15) is 24.8 Å². The van der Waals surface area contributed by atoms with Crippen LogP contribution < -0.4 is 0 Å². The smallest absolute Gasteiger partial charge is 0.166 e. The first-order chi connectivity index (χ1) is 6.67. The van der Waals surface area contributed by atoms with Crippen molar-refractivity contribution in [3.63, 3.8) is 0 Å². The molecule has 2 rings (SSSR count). The van der Waals surface area contributed by atoms with E-state index in [4.69, 9.17) is 0 Å². The molecule has 0 saturated carbocycles. The van der Waals surface area contributed by atoms with Crippen LogP contribution in [-0.2, 0) is 0 Å². The number of rotatable bonds is 1. The molecule has 2 N–H and O–H groups in total. The topological polar surface area (TPSA) is 40.5 Å². The molecule has 0 aliphatic heterocycles. The average Bonchev–Trinajstić information content (AvgIpc) is 2.19. The SMILES string of the molecule is OC1(O)CC=C(c2ccccc2)CC1. The van der Waals surface area contributed by atoms with Crippen molar-refractivity contribution in [2.45, 2.75) is 25.0 Å². The Morgan fingerprint density at radius 1 is 1.07 bits per heavy atom. The van der Waals surface area contributed by atoms with Crippen molar-refractivity contribution >= 4 is 5.57 Å². The predicted octanol–water partition coefficient (Wildman–Crippen LogP) is 1.93. The fourth-order valence-corrected chi connectivity index (χ4v) is 1.74. The first-order valence-electron chi connectivity index (χ1n) is 4.87. The average molecular weight is 190 g/mol. The molecule has 2 nitrogen and oxygen atoms in total. The van der Waals surface area contributed by atoms with Gasteiger partial charge in [0, 0.05) is 12.8 Å². The maximum absolute atomic E-state index is 9.35. The Morgan fingerprint density at radius 3 is 2.36 bits per heavy atom. The van der Waals surface area contributed by atoms with E-state index in [9.17, 15) is 10.2 Å². The van der Waals surface area contributed by atoms with Crippen molar-refractivity contribution in [3.8, 4) is 0 Å². The predicted molar refractivity (Wildman–Crippen MR) is 55.4 cm³/mol. The molecule has 0 atom stereocenters. The molecule has 0 spiro atoms. The van der Waals surface area contributed by atoms with Crippen LogP contribution in [0.15, 0.2) is 36.4 Å². The quantitative estimate of drug-likeness (QED) is 0.664. The van der Waals surface area contributed by atoms with Gasteiger partial charge in [-0.25, -0.2) is 0 Å². The molecule has 0 fully saturated rings. The number of allylic oxidation sites excluding steroid dienone is 1. The van der Waals surface area contributed by atoms with Gasteiger partial charge >= 0.3 is 0 Å². The Balaban J connectivity index is 2.19. The molecule has 1 aliphatic rings. The Kier molecular flexibility index (Phi) is 2.40. The third kappa shape index (κ3) is 2.03. The van der Waals surface area contributed by atoms with Crippen LogP contribution in [0.5, 0.6) is 0 Å². The Morgan fingerprint density at radius 2 is 1.79 bits per heavy atom. The van der Waals surface area contributed by atoms with Gasteiger partial charge in [-0.05, 0) is 17.6 Å². The van der Waals surface area contributed by atoms with Crippen molar-refractivity contribution in [2.24, 2.45) is 0 Å². The highest BCUT2D eigenvalue weighted by Crippen LogP contribution is 2.30. The van der Waals surface area contributed by atoms with E-state index in [1.54, 1.807) is 0 Å². The van der Waals surface area contributed by atoms with Gasteiger partial charge in [0.05, 0.1) is 0 Å². The Bertz CT molecular complexity index is 339. The molecule has 2 heteroatoms. The summed E-state index contributed by atoms with van der Waals surface area (Å²) in [5.41, 5.74) is 2.40. The zero-order valence-corrected chi connectivity index (χ0v) is 7.98. The van der Waals surface area contributed by atoms with Gasteiger partial charge < -0.3 is 10.2 Å². The molecular formula is C12H14O2. The largest absolute Gasteiger partial charge is 0.365 e. The van der Waals surface area contributed by atoms with Crippen molar-refractivity contribution in [2.75, 3.05) is 0 Å². The molecular weight excluding hydrogens is 176 g/mol. The van der Waals surface area contributed by atoms with Crippen LogP contribution in [0.2, 0.25) is 0 Å². The van der Waals surface area contributed by atoms with Gasteiger partial charge in [0.25, 0.3) is 0 Å². The third-order valence-electron chi connectivity index (χ3n) is 2.61. The molecule has 14 heavy (non-hydrogen) atoms. The lowest BCUT2D eigenvalue weighted by Crippen LogP contribution is -2.29. The van der Waals surface area contributed by atoms with E-state index >= 15 is 0 Å². The van der Waals surface area contributed by atoms with E-state index in [1.807, 2.05) is 36.4 Å². The van der Waals surface area contributed by atoms with Crippen LogP contribution >= 0.6 is 0 Å². The summed E-state index contributed by atoms with van der Waals surface area (Å²) in [6.45, 7) is 0. The van der Waals surface area contributed by atoms with Crippen molar-refractivity contribution in [1.82, 2.24) is 0 Å². The maximum atomic E-state index is 9.35. The molecule has 0 bridgehead atoms. The van der Waals surface area contributed by atoms with Gasteiger partial charge in [-0.15, -0.1) is 0 Å². The molecule has 0 aromatic heterocycles. The zero-order chi connectivity index (χ0) is 10.0. The van der Waals surface area contributed by atoms with Crippen LogP contribution in [0.4, 0.5) is 0 Å². The van der Waals surface area contributed by atoms with Crippen LogP contribution in [0, 0.1) is 0 Å². The fourth-order valence-electron chi connectivity index (χ4n) is 1.74. The number of hydrogen-bond donors (Lipinski definition) is 2. The van der Waals surface area contributed by atoms with E-state index < -0.39 is 5.79 Å². The van der Waals surface area contributed by atoms with Gasteiger partial charge in [-0.3, -0.25) is 0 Å². The third-order valence-corrected chi connectivity index (χ3v) is 2.61. The first-order valence-corrected chi connectivity index (χ1v) is 4.87. The lowest BCUT2D eigenvalue weighted by Gasteiger charge is -2.25. The second-order valence-corrected chi connectivity index (χ2v) is 3.78. The molecule has 0 heterocycles. The van der Waals surface area contributed by atoms with Crippen molar-refractivity contribution in [1.29, 1.82) is 0 Å². The molecule has 74 valence electrons. The van der Waals surface area contributed by atoms with Gasteiger partial charge in [-0.1, -0.05) is 36.4 Å². The van der Waals surface area contributed by atoms with E-state index in [0.717, 1.165) is 6.42 Å². The van der Waals surface area contributed by atoms with E-state index in [0.29, 0.717) is 12.8 Å². The number of benzene rings is 1. The van der Waals surface area contributed by atoms with Crippen LogP contribution in [0.3, 0.4) is 0 Å². The molecule has 0 unspecified atom stereocenters. The van der Waals surface area contributed by atoms with Gasteiger partial charge in [0.2, 0.25) is 0 Å². The minimum Gasteiger partial charge on any atom is -0.365 e. The van der Waals surface area contributed by atoms with Gasteiger partial charge in [-0.2, -0.15) is 0 Å². The molecule has 1 aromatic rings. The van der Waals surface area contributed by atoms with Gasteiger partial charge in [0.1, 0.15) is 0 Å². The van der Waals surface area contributed by atoms with E-state index in [1.165, 1.54) is 11.1 Å². The minimum atomic E-state index is -1.49. The lowest BCUT2D eigenvalue weighted by molar-refractivity contribution is -0.163. The summed E-state index contributed by atoms with van der Waals surface area (Å²) in [6, 6.07) is 10.1. The standard InChI is InChI=1S/C12H14O2/c13-12(14)8-6-11(7-9-12)10-4-2-1-3-5-10/h1-6,13-14H,7-9H2. The molecule has 0 saturated heterocycles. The minimum absolute atomic E-state index is 0.331. The summed E-state index contributed by atoms with van der Waals surface area (Å²) < 4.78 is 0. The van der Waals surface area contributed by atoms with Crippen molar-refractivity contribution in [3.05, 3.63) is 42.0 Å². The highest BCUT2D eigenvalue weighted by Gasteiger charge is 2.25. The highest BCUT2D eigenvalue weighted by atomic mass is 16.5. The number of hydrogen-bond acceptors (Lipinski definition) is 2. The summed E-state index contributed by atoms with van der Waals surface area (Å²) in [4.78, 5) is 0.